The summed E-state index contributed by atoms with van der Waals surface area (Å²) in [5, 5.41) is 4.19. The lowest BCUT2D eigenvalue weighted by molar-refractivity contribution is 0.423. The average molecular weight is 304 g/mol. The lowest BCUT2D eigenvalue weighted by Crippen LogP contribution is -1.96. The molecule has 0 aliphatic rings. The summed E-state index contributed by atoms with van der Waals surface area (Å²) in [6.07, 6.45) is 0.164. The molecule has 2 aromatic carbocycles. The molecule has 0 atom stereocenters. The predicted octanol–water partition coefficient (Wildman–Crippen LogP) is 3.70. The molecule has 0 radical (unpaired) electrons. The van der Waals surface area contributed by atoms with E-state index in [9.17, 15) is 4.39 Å². The van der Waals surface area contributed by atoms with Gasteiger partial charge in [-0.25, -0.2) is 4.39 Å². The smallest absolute Gasteiger partial charge is 0.258 e. The van der Waals surface area contributed by atoms with Crippen LogP contribution in [-0.4, -0.2) is 10.1 Å². The van der Waals surface area contributed by atoms with Gasteiger partial charge in [0.1, 0.15) is 5.82 Å². The minimum atomic E-state index is -0.391. The largest absolute Gasteiger partial charge is 0.399 e. The molecule has 0 aliphatic carbocycles. The summed E-state index contributed by atoms with van der Waals surface area (Å²) in [5.41, 5.74) is 7.37. The monoisotopic (exact) mass is 303 g/mol. The first-order valence-corrected chi connectivity index (χ1v) is 6.62. The average Bonchev–Trinajstić information content (AvgIpc) is 2.92. The molecule has 21 heavy (non-hydrogen) atoms. The Bertz CT molecular complexity index is 768. The van der Waals surface area contributed by atoms with E-state index in [2.05, 4.69) is 10.1 Å². The third kappa shape index (κ3) is 2.87. The first-order chi connectivity index (χ1) is 10.1. The summed E-state index contributed by atoms with van der Waals surface area (Å²) in [6, 6.07) is 11.6. The van der Waals surface area contributed by atoms with Gasteiger partial charge in [-0.1, -0.05) is 28.9 Å². The third-order valence-corrected chi connectivity index (χ3v) is 3.35. The second kappa shape index (κ2) is 5.54. The van der Waals surface area contributed by atoms with Crippen molar-refractivity contribution in [3.05, 3.63) is 64.7 Å². The third-order valence-electron chi connectivity index (χ3n) is 3.00. The fourth-order valence-electron chi connectivity index (χ4n) is 1.97. The van der Waals surface area contributed by atoms with E-state index < -0.39 is 5.82 Å². The van der Waals surface area contributed by atoms with Crippen molar-refractivity contribution in [2.45, 2.75) is 6.42 Å². The van der Waals surface area contributed by atoms with Gasteiger partial charge >= 0.3 is 0 Å². The quantitative estimate of drug-likeness (QED) is 0.749. The second-order valence-electron chi connectivity index (χ2n) is 4.52. The first-order valence-electron chi connectivity index (χ1n) is 6.25. The van der Waals surface area contributed by atoms with Crippen LogP contribution in [-0.2, 0) is 6.42 Å². The van der Waals surface area contributed by atoms with Crippen LogP contribution >= 0.6 is 11.6 Å². The van der Waals surface area contributed by atoms with Crippen LogP contribution in [0.25, 0.3) is 11.5 Å². The molecule has 6 heteroatoms. The standard InChI is InChI=1S/C15H11ClFN3O/c16-12-5-2-6-13(17)11(12)8-14-19-15(21-20-14)9-3-1-4-10(18)7-9/h1-7H,8,18H2. The van der Waals surface area contributed by atoms with Crippen molar-refractivity contribution in [2.24, 2.45) is 0 Å². The van der Waals surface area contributed by atoms with Crippen LogP contribution in [0.2, 0.25) is 5.02 Å². The number of nitrogens with two attached hydrogens (primary N) is 1. The maximum atomic E-state index is 13.7. The fraction of sp³-hybridized carbons (Fsp3) is 0.0667. The molecular formula is C15H11ClFN3O. The number of aromatic nitrogens is 2. The number of hydrogen-bond acceptors (Lipinski definition) is 4. The van der Waals surface area contributed by atoms with E-state index in [1.54, 1.807) is 30.3 Å². The normalized spacial score (nSPS) is 10.8. The molecule has 106 valence electrons. The molecule has 1 heterocycles. The number of rotatable bonds is 3. The van der Waals surface area contributed by atoms with E-state index in [1.807, 2.05) is 6.07 Å². The molecule has 4 nitrogen and oxygen atoms in total. The van der Waals surface area contributed by atoms with Crippen LogP contribution < -0.4 is 5.73 Å². The van der Waals surface area contributed by atoms with E-state index in [0.29, 0.717) is 33.6 Å². The number of nitrogen functional groups attached to an aromatic ring is 1. The summed E-state index contributed by atoms with van der Waals surface area (Å²) in [4.78, 5) is 4.24. The van der Waals surface area contributed by atoms with E-state index in [-0.39, 0.29) is 6.42 Å². The second-order valence-corrected chi connectivity index (χ2v) is 4.93. The maximum Gasteiger partial charge on any atom is 0.258 e. The van der Waals surface area contributed by atoms with Crippen LogP contribution in [0.5, 0.6) is 0 Å². The highest BCUT2D eigenvalue weighted by molar-refractivity contribution is 6.31. The zero-order chi connectivity index (χ0) is 14.8. The molecule has 0 aliphatic heterocycles. The molecule has 0 amide bonds. The van der Waals surface area contributed by atoms with Crippen molar-refractivity contribution in [2.75, 3.05) is 5.73 Å². The minimum absolute atomic E-state index is 0.164. The summed E-state index contributed by atoms with van der Waals surface area (Å²) in [6.45, 7) is 0. The Morgan fingerprint density at radius 2 is 2.00 bits per heavy atom. The van der Waals surface area contributed by atoms with Gasteiger partial charge in [0.15, 0.2) is 5.82 Å². The molecule has 0 spiro atoms. The highest BCUT2D eigenvalue weighted by atomic mass is 35.5. The number of nitrogens with zero attached hydrogens (tertiary/aromatic N) is 2. The molecule has 3 aromatic rings. The van der Waals surface area contributed by atoms with Crippen LogP contribution in [0.15, 0.2) is 47.0 Å². The van der Waals surface area contributed by atoms with Crippen molar-refractivity contribution < 1.29 is 8.91 Å². The molecule has 0 saturated carbocycles. The summed E-state index contributed by atoms with van der Waals surface area (Å²) >= 11 is 5.98. The Balaban J connectivity index is 1.89. The van der Waals surface area contributed by atoms with Gasteiger partial charge in [-0.05, 0) is 30.3 Å². The number of benzene rings is 2. The number of halogens is 2. The zero-order valence-corrected chi connectivity index (χ0v) is 11.6. The molecule has 0 unspecified atom stereocenters. The molecule has 0 bridgehead atoms. The summed E-state index contributed by atoms with van der Waals surface area (Å²) in [5.74, 6) is 0.307. The first kappa shape index (κ1) is 13.6. The Labute approximate surface area is 125 Å². The van der Waals surface area contributed by atoms with Crippen LogP contribution in [0.4, 0.5) is 10.1 Å². The van der Waals surface area contributed by atoms with Gasteiger partial charge in [-0.3, -0.25) is 0 Å². The predicted molar refractivity (Wildman–Crippen MR) is 78.4 cm³/mol. The highest BCUT2D eigenvalue weighted by Crippen LogP contribution is 2.23. The van der Waals surface area contributed by atoms with Gasteiger partial charge in [0.05, 0.1) is 0 Å². The van der Waals surface area contributed by atoms with Crippen molar-refractivity contribution in [3.8, 4) is 11.5 Å². The van der Waals surface area contributed by atoms with Gasteiger partial charge < -0.3 is 10.3 Å². The van der Waals surface area contributed by atoms with Gasteiger partial charge in [0.25, 0.3) is 5.89 Å². The van der Waals surface area contributed by atoms with Crippen molar-refractivity contribution in [1.82, 2.24) is 10.1 Å². The lowest BCUT2D eigenvalue weighted by Gasteiger charge is -2.01. The van der Waals surface area contributed by atoms with Crippen LogP contribution in [0.3, 0.4) is 0 Å². The molecular weight excluding hydrogens is 293 g/mol. The van der Waals surface area contributed by atoms with Gasteiger partial charge in [0, 0.05) is 28.3 Å². The number of anilines is 1. The van der Waals surface area contributed by atoms with E-state index >= 15 is 0 Å². The Morgan fingerprint density at radius 1 is 1.19 bits per heavy atom. The Kier molecular flexibility index (Phi) is 3.58. The maximum absolute atomic E-state index is 13.7. The van der Waals surface area contributed by atoms with Gasteiger partial charge in [0.2, 0.25) is 0 Å². The van der Waals surface area contributed by atoms with Crippen molar-refractivity contribution in [1.29, 1.82) is 0 Å². The van der Waals surface area contributed by atoms with Gasteiger partial charge in [-0.2, -0.15) is 4.98 Å². The lowest BCUT2D eigenvalue weighted by atomic mass is 10.1. The summed E-state index contributed by atoms with van der Waals surface area (Å²) in [7, 11) is 0. The molecule has 0 fully saturated rings. The molecule has 0 saturated heterocycles. The molecule has 1 aromatic heterocycles. The zero-order valence-electron chi connectivity index (χ0n) is 10.9. The van der Waals surface area contributed by atoms with E-state index in [0.717, 1.165) is 0 Å². The van der Waals surface area contributed by atoms with Crippen LogP contribution in [0, 0.1) is 5.82 Å². The Morgan fingerprint density at radius 3 is 2.76 bits per heavy atom. The SMILES string of the molecule is Nc1cccc(-c2nc(Cc3c(F)cccc3Cl)no2)c1. The Hall–Kier alpha value is -2.40. The number of hydrogen-bond donors (Lipinski definition) is 1. The van der Waals surface area contributed by atoms with Crippen molar-refractivity contribution in [3.63, 3.8) is 0 Å². The molecule has 2 N–H and O–H groups in total. The highest BCUT2D eigenvalue weighted by Gasteiger charge is 2.13. The van der Waals surface area contributed by atoms with Crippen molar-refractivity contribution >= 4 is 17.3 Å². The minimum Gasteiger partial charge on any atom is -0.399 e. The molecule has 3 rings (SSSR count). The topological polar surface area (TPSA) is 64.9 Å². The van der Waals surface area contributed by atoms with Gasteiger partial charge in [-0.15, -0.1) is 0 Å². The fourth-order valence-corrected chi connectivity index (χ4v) is 2.20. The van der Waals surface area contributed by atoms with Crippen LogP contribution in [0.1, 0.15) is 11.4 Å². The van der Waals surface area contributed by atoms with E-state index in [4.69, 9.17) is 21.9 Å². The van der Waals surface area contributed by atoms with E-state index in [1.165, 1.54) is 6.07 Å². The summed E-state index contributed by atoms with van der Waals surface area (Å²) < 4.78 is 18.9.